The summed E-state index contributed by atoms with van der Waals surface area (Å²) in [6.07, 6.45) is 4.49. The Hall–Kier alpha value is -1.37. The number of fused-ring (bicyclic) bond motifs is 1. The molecule has 0 aliphatic carbocycles. The summed E-state index contributed by atoms with van der Waals surface area (Å²) < 4.78 is 10.9. The maximum Gasteiger partial charge on any atom is 0.222 e. The van der Waals surface area contributed by atoms with Gasteiger partial charge in [-0.3, -0.25) is 14.6 Å². The van der Waals surface area contributed by atoms with Gasteiger partial charge < -0.3 is 14.1 Å². The number of piperidine rings is 1. The average Bonchev–Trinajstić information content (AvgIpc) is 3.26. The molecule has 1 aromatic heterocycles. The monoisotopic (exact) mass is 333 g/mol. The molecule has 0 radical (unpaired) electrons. The number of hydrogen-bond acceptors (Lipinski definition) is 5. The van der Waals surface area contributed by atoms with Crippen LogP contribution in [0.25, 0.3) is 0 Å². The van der Waals surface area contributed by atoms with Gasteiger partial charge in [-0.2, -0.15) is 0 Å². The summed E-state index contributed by atoms with van der Waals surface area (Å²) in [4.78, 5) is 19.5. The molecule has 132 valence electrons. The fourth-order valence-corrected chi connectivity index (χ4v) is 4.40. The molecular weight excluding hydrogens is 306 g/mol. The van der Waals surface area contributed by atoms with Crippen molar-refractivity contribution in [1.82, 2.24) is 14.7 Å². The van der Waals surface area contributed by atoms with E-state index in [0.717, 1.165) is 71.1 Å². The van der Waals surface area contributed by atoms with E-state index in [1.807, 2.05) is 12.1 Å². The Morgan fingerprint density at radius 3 is 2.75 bits per heavy atom. The quantitative estimate of drug-likeness (QED) is 0.810. The summed E-state index contributed by atoms with van der Waals surface area (Å²) in [5.41, 5.74) is 0. The molecule has 24 heavy (non-hydrogen) atoms. The minimum atomic E-state index is 0.337. The van der Waals surface area contributed by atoms with Gasteiger partial charge in [-0.1, -0.05) is 0 Å². The highest BCUT2D eigenvalue weighted by Crippen LogP contribution is 2.32. The molecule has 1 amide bonds. The first-order valence-corrected chi connectivity index (χ1v) is 9.17. The van der Waals surface area contributed by atoms with Gasteiger partial charge in [0.2, 0.25) is 5.91 Å². The lowest BCUT2D eigenvalue weighted by Crippen LogP contribution is -2.54. The molecule has 6 nitrogen and oxygen atoms in total. The topological polar surface area (TPSA) is 49.2 Å². The third-order valence-electron chi connectivity index (χ3n) is 5.70. The molecule has 4 rings (SSSR count). The number of furan rings is 1. The van der Waals surface area contributed by atoms with E-state index >= 15 is 0 Å². The van der Waals surface area contributed by atoms with Gasteiger partial charge in [-0.05, 0) is 25.0 Å². The van der Waals surface area contributed by atoms with Crippen molar-refractivity contribution >= 4 is 5.91 Å². The highest BCUT2D eigenvalue weighted by atomic mass is 16.5. The Balaban J connectivity index is 1.36. The summed E-state index contributed by atoms with van der Waals surface area (Å²) in [6, 6.07) is 4.85. The van der Waals surface area contributed by atoms with Crippen LogP contribution in [-0.2, 0) is 16.1 Å². The molecular formula is C18H27N3O3. The van der Waals surface area contributed by atoms with Crippen molar-refractivity contribution < 1.29 is 13.9 Å². The minimum absolute atomic E-state index is 0.337. The van der Waals surface area contributed by atoms with Crippen molar-refractivity contribution in [2.24, 2.45) is 0 Å². The maximum absolute atomic E-state index is 12.5. The normalized spacial score (nSPS) is 29.2. The van der Waals surface area contributed by atoms with Crippen LogP contribution in [0.1, 0.15) is 25.0 Å². The number of carbonyl (C=O) groups is 1. The van der Waals surface area contributed by atoms with E-state index in [-0.39, 0.29) is 0 Å². The van der Waals surface area contributed by atoms with Crippen LogP contribution in [0.3, 0.4) is 0 Å². The molecule has 0 bridgehead atoms. The molecule has 3 saturated heterocycles. The molecule has 6 heteroatoms. The highest BCUT2D eigenvalue weighted by Gasteiger charge is 2.43. The van der Waals surface area contributed by atoms with Crippen LogP contribution in [0.15, 0.2) is 22.8 Å². The lowest BCUT2D eigenvalue weighted by molar-refractivity contribution is -0.138. The van der Waals surface area contributed by atoms with E-state index in [1.54, 1.807) is 6.26 Å². The summed E-state index contributed by atoms with van der Waals surface area (Å²) in [5.74, 6) is 1.36. The summed E-state index contributed by atoms with van der Waals surface area (Å²) in [6.45, 7) is 7.34. The standard InChI is InChI=1S/C18H27N3O3/c22-18-4-3-16-17(5-6-20(16)14-15-2-1-11-24-15)21(18)8-7-19-9-12-23-13-10-19/h1-2,11,16-17H,3-10,12-14H2/t16-,17-/m1/s1. The van der Waals surface area contributed by atoms with E-state index < -0.39 is 0 Å². The van der Waals surface area contributed by atoms with Crippen LogP contribution in [0, 0.1) is 0 Å². The van der Waals surface area contributed by atoms with Crippen LogP contribution in [0.4, 0.5) is 0 Å². The number of ether oxygens (including phenoxy) is 1. The van der Waals surface area contributed by atoms with Crippen molar-refractivity contribution in [3.63, 3.8) is 0 Å². The fourth-order valence-electron chi connectivity index (χ4n) is 4.40. The van der Waals surface area contributed by atoms with Gasteiger partial charge in [-0.25, -0.2) is 0 Å². The molecule has 3 fully saturated rings. The predicted octanol–water partition coefficient (Wildman–Crippen LogP) is 1.18. The first-order valence-electron chi connectivity index (χ1n) is 9.17. The van der Waals surface area contributed by atoms with Crippen LogP contribution < -0.4 is 0 Å². The third-order valence-corrected chi connectivity index (χ3v) is 5.70. The molecule has 0 saturated carbocycles. The summed E-state index contributed by atoms with van der Waals surface area (Å²) >= 11 is 0. The number of rotatable bonds is 5. The van der Waals surface area contributed by atoms with Crippen molar-refractivity contribution in [1.29, 1.82) is 0 Å². The van der Waals surface area contributed by atoms with E-state index in [1.165, 1.54) is 0 Å². The largest absolute Gasteiger partial charge is 0.468 e. The lowest BCUT2D eigenvalue weighted by Gasteiger charge is -2.41. The zero-order valence-corrected chi connectivity index (χ0v) is 14.2. The van der Waals surface area contributed by atoms with Crippen molar-refractivity contribution in [2.75, 3.05) is 45.9 Å². The fraction of sp³-hybridized carbons (Fsp3) is 0.722. The Morgan fingerprint density at radius 1 is 1.08 bits per heavy atom. The number of hydrogen-bond donors (Lipinski definition) is 0. The average molecular weight is 333 g/mol. The maximum atomic E-state index is 12.5. The molecule has 3 aliphatic heterocycles. The first-order chi connectivity index (χ1) is 11.8. The Bertz CT molecular complexity index is 542. The van der Waals surface area contributed by atoms with Gasteiger partial charge >= 0.3 is 0 Å². The van der Waals surface area contributed by atoms with Crippen LogP contribution in [0.2, 0.25) is 0 Å². The Kier molecular flexibility index (Phi) is 4.87. The van der Waals surface area contributed by atoms with Gasteiger partial charge in [-0.15, -0.1) is 0 Å². The molecule has 0 N–H and O–H groups in total. The van der Waals surface area contributed by atoms with Gasteiger partial charge in [0.05, 0.1) is 26.0 Å². The van der Waals surface area contributed by atoms with E-state index in [9.17, 15) is 4.79 Å². The van der Waals surface area contributed by atoms with Gasteiger partial charge in [0.15, 0.2) is 0 Å². The van der Waals surface area contributed by atoms with Crippen LogP contribution in [-0.4, -0.2) is 78.6 Å². The van der Waals surface area contributed by atoms with Crippen LogP contribution >= 0.6 is 0 Å². The second-order valence-electron chi connectivity index (χ2n) is 7.05. The van der Waals surface area contributed by atoms with Crippen molar-refractivity contribution in [3.05, 3.63) is 24.2 Å². The lowest BCUT2D eigenvalue weighted by atomic mass is 9.96. The first kappa shape index (κ1) is 16.1. The number of nitrogens with zero attached hydrogens (tertiary/aromatic N) is 3. The number of amides is 1. The van der Waals surface area contributed by atoms with Gasteiger partial charge in [0.1, 0.15) is 5.76 Å². The van der Waals surface area contributed by atoms with Gasteiger partial charge in [0, 0.05) is 51.2 Å². The third kappa shape index (κ3) is 3.36. The number of likely N-dealkylation sites (tertiary alicyclic amines) is 2. The number of carbonyl (C=O) groups excluding carboxylic acids is 1. The van der Waals surface area contributed by atoms with Crippen molar-refractivity contribution in [2.45, 2.75) is 37.9 Å². The van der Waals surface area contributed by atoms with Gasteiger partial charge in [0.25, 0.3) is 0 Å². The zero-order valence-electron chi connectivity index (χ0n) is 14.2. The Labute approximate surface area is 143 Å². The summed E-state index contributed by atoms with van der Waals surface area (Å²) in [5, 5.41) is 0. The predicted molar refractivity (Wildman–Crippen MR) is 89.5 cm³/mol. The smallest absolute Gasteiger partial charge is 0.222 e. The van der Waals surface area contributed by atoms with E-state index in [0.29, 0.717) is 24.4 Å². The van der Waals surface area contributed by atoms with Crippen molar-refractivity contribution in [3.8, 4) is 0 Å². The molecule has 0 aromatic carbocycles. The Morgan fingerprint density at radius 2 is 1.96 bits per heavy atom. The van der Waals surface area contributed by atoms with E-state index in [4.69, 9.17) is 9.15 Å². The van der Waals surface area contributed by atoms with E-state index in [2.05, 4.69) is 14.7 Å². The van der Waals surface area contributed by atoms with Crippen LogP contribution in [0.5, 0.6) is 0 Å². The minimum Gasteiger partial charge on any atom is -0.468 e. The highest BCUT2D eigenvalue weighted by molar-refractivity contribution is 5.77. The second kappa shape index (κ2) is 7.25. The molecule has 4 heterocycles. The molecule has 0 unspecified atom stereocenters. The molecule has 3 aliphatic rings. The molecule has 1 aromatic rings. The summed E-state index contributed by atoms with van der Waals surface area (Å²) in [7, 11) is 0. The molecule has 0 spiro atoms. The second-order valence-corrected chi connectivity index (χ2v) is 7.05. The molecule has 2 atom stereocenters. The SMILES string of the molecule is O=C1CC[C@@H]2[C@@H](CCN2Cc2ccco2)N1CCN1CCOCC1. The number of morpholine rings is 1. The zero-order chi connectivity index (χ0) is 16.4.